The van der Waals surface area contributed by atoms with E-state index in [2.05, 4.69) is 15.6 Å². The molecule has 1 aliphatic heterocycles. The van der Waals surface area contributed by atoms with Crippen LogP contribution in [0.3, 0.4) is 0 Å². The third kappa shape index (κ3) is 3.42. The first-order chi connectivity index (χ1) is 8.45. The molecule has 0 fully saturated rings. The lowest BCUT2D eigenvalue weighted by atomic mass is 10.2. The van der Waals surface area contributed by atoms with Crippen molar-refractivity contribution in [2.45, 2.75) is 12.5 Å². The molecule has 0 spiro atoms. The van der Waals surface area contributed by atoms with E-state index in [0.717, 1.165) is 0 Å². The predicted molar refractivity (Wildman–Crippen MR) is 63.4 cm³/mol. The number of urea groups is 1. The Morgan fingerprint density at radius 3 is 2.78 bits per heavy atom. The highest BCUT2D eigenvalue weighted by molar-refractivity contribution is 6.07. The van der Waals surface area contributed by atoms with Gasteiger partial charge in [0.15, 0.2) is 0 Å². The van der Waals surface area contributed by atoms with Crippen LogP contribution in [0.4, 0.5) is 4.79 Å². The molecule has 100 valence electrons. The molecular formula is C9H16N6O3. The van der Waals surface area contributed by atoms with Crippen molar-refractivity contribution in [3.63, 3.8) is 0 Å². The highest BCUT2D eigenvalue weighted by Gasteiger charge is 2.30. The molecule has 1 heterocycles. The molecule has 6 N–H and O–H groups in total. The van der Waals surface area contributed by atoms with Crippen LogP contribution in [0.5, 0.6) is 0 Å². The summed E-state index contributed by atoms with van der Waals surface area (Å²) < 4.78 is 0. The fourth-order valence-corrected chi connectivity index (χ4v) is 1.46. The molecule has 0 saturated heterocycles. The first kappa shape index (κ1) is 13.9. The van der Waals surface area contributed by atoms with Crippen molar-refractivity contribution in [2.75, 3.05) is 20.1 Å². The minimum Gasteiger partial charge on any atom is -0.351 e. The molecule has 9 heteroatoms. The zero-order chi connectivity index (χ0) is 13.7. The van der Waals surface area contributed by atoms with E-state index in [1.165, 1.54) is 11.9 Å². The molecule has 1 unspecified atom stereocenters. The first-order valence-electron chi connectivity index (χ1n) is 5.33. The van der Waals surface area contributed by atoms with Gasteiger partial charge >= 0.3 is 6.03 Å². The summed E-state index contributed by atoms with van der Waals surface area (Å²) in [5.74, 6) is -0.677. The lowest BCUT2D eigenvalue weighted by Crippen LogP contribution is -2.58. The van der Waals surface area contributed by atoms with Crippen molar-refractivity contribution in [2.24, 2.45) is 16.5 Å². The maximum atomic E-state index is 11.7. The summed E-state index contributed by atoms with van der Waals surface area (Å²) in [6.07, 6.45) is 0.163. The van der Waals surface area contributed by atoms with Crippen molar-refractivity contribution in [1.82, 2.24) is 15.5 Å². The number of amides is 4. The molecule has 18 heavy (non-hydrogen) atoms. The number of guanidine groups is 1. The Morgan fingerprint density at radius 2 is 2.28 bits per heavy atom. The summed E-state index contributed by atoms with van der Waals surface area (Å²) in [6, 6.07) is -1.53. The SMILES string of the molecule is CN(C(=O)CCN)C1CN=C(NC(N)=O)NC1=O. The molecule has 0 saturated carbocycles. The van der Waals surface area contributed by atoms with E-state index < -0.39 is 18.0 Å². The van der Waals surface area contributed by atoms with Gasteiger partial charge in [-0.1, -0.05) is 0 Å². The van der Waals surface area contributed by atoms with Gasteiger partial charge in [-0.2, -0.15) is 0 Å². The smallest absolute Gasteiger partial charge is 0.318 e. The predicted octanol–water partition coefficient (Wildman–Crippen LogP) is -2.68. The number of nitrogens with zero attached hydrogens (tertiary/aromatic N) is 2. The molecule has 0 aromatic rings. The minimum atomic E-state index is -0.819. The van der Waals surface area contributed by atoms with Crippen LogP contribution in [-0.2, 0) is 9.59 Å². The molecule has 4 amide bonds. The number of nitrogens with one attached hydrogen (secondary N) is 2. The van der Waals surface area contributed by atoms with Gasteiger partial charge in [0.2, 0.25) is 11.9 Å². The van der Waals surface area contributed by atoms with E-state index in [4.69, 9.17) is 11.5 Å². The average Bonchev–Trinajstić information content (AvgIpc) is 2.28. The molecule has 1 aliphatic rings. The van der Waals surface area contributed by atoms with Crippen LogP contribution < -0.4 is 22.1 Å². The molecule has 1 rings (SSSR count). The zero-order valence-corrected chi connectivity index (χ0v) is 9.97. The summed E-state index contributed by atoms with van der Waals surface area (Å²) in [5, 5.41) is 4.51. The second-order valence-corrected chi connectivity index (χ2v) is 3.73. The second-order valence-electron chi connectivity index (χ2n) is 3.73. The van der Waals surface area contributed by atoms with Crippen LogP contribution in [0, 0.1) is 0 Å². The first-order valence-corrected chi connectivity index (χ1v) is 5.33. The van der Waals surface area contributed by atoms with Gasteiger partial charge in [-0.3, -0.25) is 20.2 Å². The van der Waals surface area contributed by atoms with E-state index in [1.807, 2.05) is 0 Å². The van der Waals surface area contributed by atoms with E-state index >= 15 is 0 Å². The number of primary amides is 1. The molecule has 0 aromatic carbocycles. The quantitative estimate of drug-likeness (QED) is 0.436. The van der Waals surface area contributed by atoms with Gasteiger partial charge in [0.25, 0.3) is 5.91 Å². The summed E-state index contributed by atoms with van der Waals surface area (Å²) in [5.41, 5.74) is 10.2. The summed E-state index contributed by atoms with van der Waals surface area (Å²) in [7, 11) is 1.50. The summed E-state index contributed by atoms with van der Waals surface area (Å²) >= 11 is 0. The third-order valence-corrected chi connectivity index (χ3v) is 2.43. The summed E-state index contributed by atoms with van der Waals surface area (Å²) in [4.78, 5) is 39.1. The Morgan fingerprint density at radius 1 is 1.61 bits per heavy atom. The van der Waals surface area contributed by atoms with Crippen molar-refractivity contribution in [3.8, 4) is 0 Å². The number of rotatable bonds is 3. The fraction of sp³-hybridized carbons (Fsp3) is 0.556. The molecule has 0 aromatic heterocycles. The lowest BCUT2D eigenvalue weighted by molar-refractivity contribution is -0.138. The Hall–Kier alpha value is -2.16. The maximum absolute atomic E-state index is 11.7. The largest absolute Gasteiger partial charge is 0.351 e. The number of carbonyl (C=O) groups excluding carboxylic acids is 3. The molecule has 1 atom stereocenters. The Kier molecular flexibility index (Phi) is 4.60. The van der Waals surface area contributed by atoms with Gasteiger partial charge in [0.05, 0.1) is 6.54 Å². The van der Waals surface area contributed by atoms with Gasteiger partial charge in [0.1, 0.15) is 6.04 Å². The highest BCUT2D eigenvalue weighted by Crippen LogP contribution is 2.04. The molecular weight excluding hydrogens is 240 g/mol. The van der Waals surface area contributed by atoms with Crippen LogP contribution in [0.1, 0.15) is 6.42 Å². The van der Waals surface area contributed by atoms with Crippen LogP contribution in [0.2, 0.25) is 0 Å². The van der Waals surface area contributed by atoms with Gasteiger partial charge < -0.3 is 16.4 Å². The number of likely N-dealkylation sites (N-methyl/N-ethyl adjacent to an activating group) is 1. The molecule has 0 radical (unpaired) electrons. The van der Waals surface area contributed by atoms with Crippen molar-refractivity contribution >= 4 is 23.8 Å². The van der Waals surface area contributed by atoms with Crippen LogP contribution in [-0.4, -0.2) is 54.9 Å². The van der Waals surface area contributed by atoms with E-state index in [0.29, 0.717) is 0 Å². The number of carbonyl (C=O) groups is 3. The van der Waals surface area contributed by atoms with Crippen LogP contribution in [0.25, 0.3) is 0 Å². The number of aliphatic imine (C=N–C) groups is 1. The van der Waals surface area contributed by atoms with Crippen molar-refractivity contribution in [3.05, 3.63) is 0 Å². The third-order valence-electron chi connectivity index (χ3n) is 2.43. The fourth-order valence-electron chi connectivity index (χ4n) is 1.46. The van der Waals surface area contributed by atoms with Gasteiger partial charge in [-0.25, -0.2) is 9.79 Å². The Balaban J connectivity index is 2.66. The average molecular weight is 256 g/mol. The van der Waals surface area contributed by atoms with Gasteiger partial charge in [-0.05, 0) is 0 Å². The Labute approximate surface area is 104 Å². The topological polar surface area (TPSA) is 143 Å². The maximum Gasteiger partial charge on any atom is 0.318 e. The number of hydrogen-bond donors (Lipinski definition) is 4. The normalized spacial score (nSPS) is 18.7. The molecule has 9 nitrogen and oxygen atoms in total. The number of nitrogens with two attached hydrogens (primary N) is 2. The van der Waals surface area contributed by atoms with E-state index in [-0.39, 0.29) is 31.4 Å². The molecule has 0 bridgehead atoms. The van der Waals surface area contributed by atoms with Crippen LogP contribution in [0.15, 0.2) is 4.99 Å². The Bertz CT molecular complexity index is 394. The molecule has 0 aliphatic carbocycles. The minimum absolute atomic E-state index is 0.0107. The van der Waals surface area contributed by atoms with E-state index in [9.17, 15) is 14.4 Å². The monoisotopic (exact) mass is 256 g/mol. The number of hydrogen-bond acceptors (Lipinski definition) is 5. The highest BCUT2D eigenvalue weighted by atomic mass is 16.2. The standard InChI is InChI=1S/C9H16N6O3/c1-15(6(16)2-3-10)5-4-12-9(13-7(5)17)14-8(11)18/h5H,2-4,10H2,1H3,(H4,11,12,13,14,17,18). The zero-order valence-electron chi connectivity index (χ0n) is 9.97. The van der Waals surface area contributed by atoms with Gasteiger partial charge in [0, 0.05) is 20.0 Å². The van der Waals surface area contributed by atoms with E-state index in [1.54, 1.807) is 0 Å². The van der Waals surface area contributed by atoms with Crippen molar-refractivity contribution in [1.29, 1.82) is 0 Å². The van der Waals surface area contributed by atoms with Gasteiger partial charge in [-0.15, -0.1) is 0 Å². The summed E-state index contributed by atoms with van der Waals surface area (Å²) in [6.45, 7) is 0.281. The lowest BCUT2D eigenvalue weighted by Gasteiger charge is -2.29. The van der Waals surface area contributed by atoms with Crippen LogP contribution >= 0.6 is 0 Å². The van der Waals surface area contributed by atoms with Crippen molar-refractivity contribution < 1.29 is 14.4 Å². The second kappa shape index (κ2) is 5.96.